The van der Waals surface area contributed by atoms with Crippen molar-refractivity contribution in [2.45, 2.75) is 42.5 Å². The molecule has 0 bridgehead atoms. The number of hydrogen-bond acceptors (Lipinski definition) is 2. The van der Waals surface area contributed by atoms with Crippen LogP contribution in [0.5, 0.6) is 0 Å². The zero-order chi connectivity index (χ0) is 10.9. The zero-order valence-corrected chi connectivity index (χ0v) is 10.1. The molecule has 1 aliphatic heterocycles. The van der Waals surface area contributed by atoms with Crippen LogP contribution in [0.15, 0.2) is 0 Å². The molecule has 1 aliphatic carbocycles. The van der Waals surface area contributed by atoms with Crippen LogP contribution >= 0.6 is 23.2 Å². The minimum Gasteiger partial charge on any atom is -0.353 e. The van der Waals surface area contributed by atoms with Crippen molar-refractivity contribution >= 4 is 29.1 Å². The van der Waals surface area contributed by atoms with E-state index < -0.39 is 4.84 Å². The Hall–Kier alpha value is 0.01000. The van der Waals surface area contributed by atoms with Gasteiger partial charge in [-0.25, -0.2) is 0 Å². The minimum absolute atomic E-state index is 0.101. The number of nitrogens with zero attached hydrogens (tertiary/aromatic N) is 1. The molecule has 2 aliphatic rings. The van der Waals surface area contributed by atoms with E-state index in [1.165, 1.54) is 19.3 Å². The fourth-order valence-electron chi connectivity index (χ4n) is 2.43. The van der Waals surface area contributed by atoms with Crippen LogP contribution in [0, 0.1) is 0 Å². The van der Waals surface area contributed by atoms with Gasteiger partial charge in [-0.2, -0.15) is 0 Å². The lowest BCUT2D eigenvalue weighted by Crippen LogP contribution is -2.39. The van der Waals surface area contributed by atoms with E-state index in [0.717, 1.165) is 12.8 Å². The molecule has 1 heterocycles. The van der Waals surface area contributed by atoms with Crippen molar-refractivity contribution in [1.82, 2.24) is 4.90 Å². The van der Waals surface area contributed by atoms with Crippen molar-refractivity contribution in [3.8, 4) is 0 Å². The van der Waals surface area contributed by atoms with Crippen LogP contribution in [0.25, 0.3) is 0 Å². The lowest BCUT2D eigenvalue weighted by Gasteiger charge is -2.31. The van der Waals surface area contributed by atoms with Crippen LogP contribution in [-0.2, 0) is 9.53 Å². The number of rotatable bonds is 1. The highest BCUT2D eigenvalue weighted by Crippen LogP contribution is 2.36. The van der Waals surface area contributed by atoms with Crippen molar-refractivity contribution in [1.29, 1.82) is 0 Å². The molecule has 0 unspecified atom stereocenters. The predicted octanol–water partition coefficient (Wildman–Crippen LogP) is 2.31. The highest BCUT2D eigenvalue weighted by atomic mass is 35.5. The highest BCUT2D eigenvalue weighted by Gasteiger charge is 2.42. The molecule has 86 valence electrons. The van der Waals surface area contributed by atoms with Gasteiger partial charge in [0.05, 0.1) is 12.1 Å². The van der Waals surface area contributed by atoms with E-state index in [1.807, 2.05) is 0 Å². The summed E-state index contributed by atoms with van der Waals surface area (Å²) < 4.78 is 5.75. The quantitative estimate of drug-likeness (QED) is 0.670. The number of ether oxygens (including phenoxy) is 1. The Morgan fingerprint density at radius 3 is 2.53 bits per heavy atom. The lowest BCUT2D eigenvalue weighted by molar-refractivity contribution is -0.129. The SMILES string of the molecule is O=C(C(Cl)Cl)N1COC2(CCCCC2)C1. The molecule has 0 radical (unpaired) electrons. The zero-order valence-electron chi connectivity index (χ0n) is 8.55. The van der Waals surface area contributed by atoms with Crippen LogP contribution in [0.3, 0.4) is 0 Å². The molecule has 1 amide bonds. The van der Waals surface area contributed by atoms with E-state index in [1.54, 1.807) is 4.90 Å². The van der Waals surface area contributed by atoms with E-state index in [0.29, 0.717) is 13.3 Å². The fourth-order valence-corrected chi connectivity index (χ4v) is 2.71. The summed E-state index contributed by atoms with van der Waals surface area (Å²) in [6.07, 6.45) is 5.74. The average Bonchev–Trinajstić information content (AvgIpc) is 2.62. The van der Waals surface area contributed by atoms with E-state index in [2.05, 4.69) is 0 Å². The molecule has 3 nitrogen and oxygen atoms in total. The van der Waals surface area contributed by atoms with Gasteiger partial charge in [0.15, 0.2) is 4.84 Å². The summed E-state index contributed by atoms with van der Waals surface area (Å²) in [6.45, 7) is 0.997. The van der Waals surface area contributed by atoms with Gasteiger partial charge >= 0.3 is 0 Å². The van der Waals surface area contributed by atoms with Crippen molar-refractivity contribution in [2.24, 2.45) is 0 Å². The molecule has 1 saturated carbocycles. The summed E-state index contributed by atoms with van der Waals surface area (Å²) in [5.41, 5.74) is -0.101. The van der Waals surface area contributed by atoms with Crippen LogP contribution in [0.1, 0.15) is 32.1 Å². The molecular formula is C10H15Cl2NO2. The first-order valence-corrected chi connectivity index (χ1v) is 6.21. The molecule has 1 saturated heterocycles. The second-order valence-electron chi connectivity index (χ2n) is 4.35. The molecule has 1 spiro atoms. The van der Waals surface area contributed by atoms with Gasteiger partial charge in [-0.15, -0.1) is 0 Å². The van der Waals surface area contributed by atoms with Gasteiger partial charge in [0.1, 0.15) is 6.73 Å². The Morgan fingerprint density at radius 2 is 1.93 bits per heavy atom. The molecule has 0 aromatic carbocycles. The first kappa shape index (κ1) is 11.5. The predicted molar refractivity (Wildman–Crippen MR) is 59.0 cm³/mol. The molecule has 5 heteroatoms. The molecule has 0 atom stereocenters. The molecular weight excluding hydrogens is 237 g/mol. The number of halogens is 2. The first-order valence-electron chi connectivity index (χ1n) is 5.34. The third-order valence-electron chi connectivity index (χ3n) is 3.27. The van der Waals surface area contributed by atoms with Crippen LogP contribution in [0.4, 0.5) is 0 Å². The minimum atomic E-state index is -0.965. The number of alkyl halides is 2. The van der Waals surface area contributed by atoms with Crippen molar-refractivity contribution < 1.29 is 9.53 Å². The third-order valence-corrected chi connectivity index (χ3v) is 3.64. The normalized spacial score (nSPS) is 25.1. The molecule has 15 heavy (non-hydrogen) atoms. The summed E-state index contributed by atoms with van der Waals surface area (Å²) >= 11 is 11.1. The topological polar surface area (TPSA) is 29.5 Å². The van der Waals surface area contributed by atoms with Gasteiger partial charge in [-0.3, -0.25) is 4.79 Å². The third kappa shape index (κ3) is 2.40. The Labute approximate surface area is 99.7 Å². The Balaban J connectivity index is 1.96. The van der Waals surface area contributed by atoms with Crippen molar-refractivity contribution in [3.05, 3.63) is 0 Å². The fraction of sp³-hybridized carbons (Fsp3) is 0.900. The molecule has 0 aromatic heterocycles. The van der Waals surface area contributed by atoms with E-state index >= 15 is 0 Å². The smallest absolute Gasteiger partial charge is 0.257 e. The summed E-state index contributed by atoms with van der Waals surface area (Å²) in [4.78, 5) is 12.2. The van der Waals surface area contributed by atoms with Crippen molar-refractivity contribution in [3.63, 3.8) is 0 Å². The molecule has 2 fully saturated rings. The summed E-state index contributed by atoms with van der Waals surface area (Å²) in [5, 5.41) is 0. The maximum absolute atomic E-state index is 11.6. The van der Waals surface area contributed by atoms with Crippen LogP contribution < -0.4 is 0 Å². The van der Waals surface area contributed by atoms with Crippen molar-refractivity contribution in [2.75, 3.05) is 13.3 Å². The number of hydrogen-bond donors (Lipinski definition) is 0. The Morgan fingerprint density at radius 1 is 1.27 bits per heavy atom. The number of amides is 1. The van der Waals surface area contributed by atoms with Gasteiger partial charge in [0.2, 0.25) is 0 Å². The van der Waals surface area contributed by atoms with E-state index in [9.17, 15) is 4.79 Å². The van der Waals surface area contributed by atoms with E-state index in [4.69, 9.17) is 27.9 Å². The summed E-state index contributed by atoms with van der Waals surface area (Å²) in [5.74, 6) is -0.235. The maximum Gasteiger partial charge on any atom is 0.257 e. The van der Waals surface area contributed by atoms with Crippen LogP contribution in [0.2, 0.25) is 0 Å². The second kappa shape index (κ2) is 4.48. The number of carbonyl (C=O) groups is 1. The monoisotopic (exact) mass is 251 g/mol. The lowest BCUT2D eigenvalue weighted by atomic mass is 9.85. The average molecular weight is 252 g/mol. The summed E-state index contributed by atoms with van der Waals surface area (Å²) in [7, 11) is 0. The second-order valence-corrected chi connectivity index (χ2v) is 5.45. The van der Waals surface area contributed by atoms with Gasteiger partial charge in [-0.1, -0.05) is 42.5 Å². The molecule has 2 rings (SSSR count). The largest absolute Gasteiger partial charge is 0.353 e. The first-order chi connectivity index (χ1) is 7.13. The standard InChI is InChI=1S/C10H15Cl2NO2/c11-8(12)9(14)13-6-10(15-7-13)4-2-1-3-5-10/h8H,1-7H2. The Kier molecular flexibility index (Phi) is 3.43. The maximum atomic E-state index is 11.6. The Bertz CT molecular complexity index is 252. The van der Waals surface area contributed by atoms with Gasteiger partial charge in [0, 0.05) is 0 Å². The summed E-state index contributed by atoms with van der Waals surface area (Å²) in [6, 6.07) is 0. The number of carbonyl (C=O) groups excluding carboxylic acids is 1. The highest BCUT2D eigenvalue weighted by molar-refractivity contribution is 6.53. The van der Waals surface area contributed by atoms with E-state index in [-0.39, 0.29) is 11.5 Å². The molecule has 0 aromatic rings. The van der Waals surface area contributed by atoms with Gasteiger partial charge in [-0.05, 0) is 12.8 Å². The van der Waals surface area contributed by atoms with Gasteiger partial charge in [0.25, 0.3) is 5.91 Å². The van der Waals surface area contributed by atoms with Gasteiger partial charge < -0.3 is 9.64 Å². The molecule has 0 N–H and O–H groups in total. The van der Waals surface area contributed by atoms with Crippen LogP contribution in [-0.4, -0.2) is 34.5 Å².